The molecule has 24 heavy (non-hydrogen) atoms. The van der Waals surface area contributed by atoms with E-state index in [4.69, 9.17) is 23.2 Å². The molecule has 0 spiro atoms. The van der Waals surface area contributed by atoms with Gasteiger partial charge in [-0.15, -0.1) is 0 Å². The number of guanidine groups is 1. The minimum absolute atomic E-state index is 0.00993. The van der Waals surface area contributed by atoms with Gasteiger partial charge in [-0.3, -0.25) is 0 Å². The predicted octanol–water partition coefficient (Wildman–Crippen LogP) is 3.08. The number of nitrogens with zero attached hydrogens (tertiary/aromatic N) is 2. The Morgan fingerprint density at radius 1 is 1.21 bits per heavy atom. The fourth-order valence-corrected chi connectivity index (χ4v) is 2.72. The molecule has 1 aromatic carbocycles. The van der Waals surface area contributed by atoms with Gasteiger partial charge < -0.3 is 20.3 Å². The molecule has 7 heteroatoms. The van der Waals surface area contributed by atoms with Gasteiger partial charge in [-0.05, 0) is 24.1 Å². The predicted molar refractivity (Wildman–Crippen MR) is 99.5 cm³/mol. The van der Waals surface area contributed by atoms with E-state index >= 15 is 0 Å². The first-order valence-electron chi connectivity index (χ1n) is 7.76. The topological polar surface area (TPSA) is 61.6 Å². The molecule has 5 nitrogen and oxygen atoms in total. The molecule has 0 saturated heterocycles. The van der Waals surface area contributed by atoms with Gasteiger partial charge in [0.2, 0.25) is 0 Å². The van der Waals surface area contributed by atoms with Crippen molar-refractivity contribution in [2.45, 2.75) is 26.6 Å². The van der Waals surface area contributed by atoms with Gasteiger partial charge in [-0.2, -0.15) is 0 Å². The van der Waals surface area contributed by atoms with Gasteiger partial charge in [0.15, 0.2) is 5.96 Å². The summed E-state index contributed by atoms with van der Waals surface area (Å²) in [7, 11) is 1.87. The molecule has 0 aliphatic carbocycles. The Morgan fingerprint density at radius 2 is 1.92 bits per heavy atom. The minimum atomic E-state index is 0.00993. The molecule has 2 rings (SSSR count). The summed E-state index contributed by atoms with van der Waals surface area (Å²) in [4.78, 5) is 4.57. The van der Waals surface area contributed by atoms with E-state index < -0.39 is 0 Å². The lowest BCUT2D eigenvalue weighted by atomic mass is 10.1. The van der Waals surface area contributed by atoms with E-state index in [0.29, 0.717) is 29.2 Å². The third kappa shape index (κ3) is 4.66. The van der Waals surface area contributed by atoms with Crippen molar-refractivity contribution >= 4 is 29.2 Å². The second kappa shape index (κ2) is 8.97. The quantitative estimate of drug-likeness (QED) is 0.542. The largest absolute Gasteiger partial charge is 0.392 e. The van der Waals surface area contributed by atoms with Crippen LogP contribution >= 0.6 is 23.2 Å². The molecule has 0 atom stereocenters. The number of aromatic nitrogens is 1. The highest BCUT2D eigenvalue weighted by atomic mass is 35.5. The standard InChI is InChI=1S/C17H22Cl2N4O/c1-3-20-17(21-9-12-6-4-5-7-13(12)11-24)22-10-14-8-15(18)16(19)23(14)2/h4-8,24H,3,9-11H2,1-2H3,(H2,20,21,22). The number of rotatable bonds is 6. The summed E-state index contributed by atoms with van der Waals surface area (Å²) in [5.74, 6) is 0.693. The Morgan fingerprint density at radius 3 is 2.50 bits per heavy atom. The van der Waals surface area contributed by atoms with E-state index in [-0.39, 0.29) is 6.61 Å². The summed E-state index contributed by atoms with van der Waals surface area (Å²) in [6.07, 6.45) is 0. The lowest BCUT2D eigenvalue weighted by Crippen LogP contribution is -2.37. The third-order valence-corrected chi connectivity index (χ3v) is 4.54. The lowest BCUT2D eigenvalue weighted by molar-refractivity contribution is 0.280. The normalized spacial score (nSPS) is 11.6. The number of aliphatic hydroxyl groups is 1. The zero-order chi connectivity index (χ0) is 17.5. The summed E-state index contributed by atoms with van der Waals surface area (Å²) in [5.41, 5.74) is 2.85. The molecule has 0 fully saturated rings. The second-order valence-corrected chi connectivity index (χ2v) is 6.07. The van der Waals surface area contributed by atoms with Crippen LogP contribution in [0.15, 0.2) is 35.3 Å². The maximum absolute atomic E-state index is 9.39. The fourth-order valence-electron chi connectivity index (χ4n) is 2.30. The Kier molecular flexibility index (Phi) is 6.97. The molecule has 1 aromatic heterocycles. The van der Waals surface area contributed by atoms with Crippen LogP contribution in [0.3, 0.4) is 0 Å². The molecule has 130 valence electrons. The van der Waals surface area contributed by atoms with Gasteiger partial charge in [0, 0.05) is 19.3 Å². The highest BCUT2D eigenvalue weighted by Crippen LogP contribution is 2.24. The lowest BCUT2D eigenvalue weighted by Gasteiger charge is -2.12. The van der Waals surface area contributed by atoms with E-state index in [1.165, 1.54) is 0 Å². The van der Waals surface area contributed by atoms with Crippen molar-refractivity contribution in [2.75, 3.05) is 6.54 Å². The Bertz CT molecular complexity index is 713. The molecule has 0 saturated carbocycles. The molecule has 0 radical (unpaired) electrons. The summed E-state index contributed by atoms with van der Waals surface area (Å²) in [6.45, 7) is 3.81. The van der Waals surface area contributed by atoms with Crippen molar-refractivity contribution in [3.63, 3.8) is 0 Å². The van der Waals surface area contributed by atoms with E-state index in [1.54, 1.807) is 0 Å². The summed E-state index contributed by atoms with van der Waals surface area (Å²) in [6, 6.07) is 9.56. The molecule has 0 aliphatic heterocycles. The smallest absolute Gasteiger partial charge is 0.191 e. The van der Waals surface area contributed by atoms with Gasteiger partial charge in [0.25, 0.3) is 0 Å². The average Bonchev–Trinajstić information content (AvgIpc) is 2.84. The van der Waals surface area contributed by atoms with Crippen molar-refractivity contribution < 1.29 is 5.11 Å². The number of aliphatic hydroxyl groups excluding tert-OH is 1. The maximum atomic E-state index is 9.39. The zero-order valence-electron chi connectivity index (χ0n) is 13.8. The number of nitrogens with one attached hydrogen (secondary N) is 2. The van der Waals surface area contributed by atoms with Crippen LogP contribution in [-0.4, -0.2) is 22.2 Å². The van der Waals surface area contributed by atoms with Gasteiger partial charge in [0.1, 0.15) is 5.15 Å². The molecular weight excluding hydrogens is 347 g/mol. The Hall–Kier alpha value is -1.69. The first-order chi connectivity index (χ1) is 11.6. The highest BCUT2D eigenvalue weighted by Gasteiger charge is 2.09. The van der Waals surface area contributed by atoms with Gasteiger partial charge >= 0.3 is 0 Å². The zero-order valence-corrected chi connectivity index (χ0v) is 15.3. The van der Waals surface area contributed by atoms with Crippen molar-refractivity contribution in [1.82, 2.24) is 15.2 Å². The van der Waals surface area contributed by atoms with E-state index in [2.05, 4.69) is 15.6 Å². The number of aliphatic imine (C=N–C) groups is 1. The van der Waals surface area contributed by atoms with E-state index in [1.807, 2.05) is 48.9 Å². The van der Waals surface area contributed by atoms with Crippen LogP contribution in [-0.2, 0) is 26.7 Å². The molecule has 2 aromatic rings. The Balaban J connectivity index is 2.06. The number of hydrogen-bond donors (Lipinski definition) is 3. The van der Waals surface area contributed by atoms with Gasteiger partial charge in [0.05, 0.1) is 24.7 Å². The highest BCUT2D eigenvalue weighted by molar-refractivity contribution is 6.41. The molecule has 1 heterocycles. The van der Waals surface area contributed by atoms with E-state index in [0.717, 1.165) is 23.4 Å². The third-order valence-electron chi connectivity index (χ3n) is 3.69. The Labute approximate surface area is 152 Å². The van der Waals surface area contributed by atoms with Gasteiger partial charge in [-0.25, -0.2) is 4.99 Å². The van der Waals surface area contributed by atoms with Crippen LogP contribution in [0.4, 0.5) is 0 Å². The minimum Gasteiger partial charge on any atom is -0.392 e. The van der Waals surface area contributed by atoms with E-state index in [9.17, 15) is 5.11 Å². The van der Waals surface area contributed by atoms with Gasteiger partial charge in [-0.1, -0.05) is 47.5 Å². The number of halogens is 2. The average molecular weight is 369 g/mol. The second-order valence-electron chi connectivity index (χ2n) is 5.31. The summed E-state index contributed by atoms with van der Waals surface area (Å²) in [5, 5.41) is 16.9. The van der Waals surface area contributed by atoms with Crippen molar-refractivity contribution in [2.24, 2.45) is 12.0 Å². The molecule has 3 N–H and O–H groups in total. The fraction of sp³-hybridized carbons (Fsp3) is 0.353. The van der Waals surface area contributed by atoms with Crippen LogP contribution in [0.2, 0.25) is 10.2 Å². The maximum Gasteiger partial charge on any atom is 0.191 e. The van der Waals surface area contributed by atoms with Crippen LogP contribution in [0.1, 0.15) is 23.7 Å². The number of benzene rings is 1. The summed E-state index contributed by atoms with van der Waals surface area (Å²) < 4.78 is 1.83. The summed E-state index contributed by atoms with van der Waals surface area (Å²) >= 11 is 12.1. The number of hydrogen-bond acceptors (Lipinski definition) is 2. The van der Waals surface area contributed by atoms with Crippen LogP contribution in [0, 0.1) is 0 Å². The molecule has 0 aliphatic rings. The first-order valence-corrected chi connectivity index (χ1v) is 8.51. The van der Waals surface area contributed by atoms with Crippen LogP contribution in [0.5, 0.6) is 0 Å². The van der Waals surface area contributed by atoms with Crippen molar-refractivity contribution in [3.8, 4) is 0 Å². The van der Waals surface area contributed by atoms with Crippen LogP contribution < -0.4 is 10.6 Å². The van der Waals surface area contributed by atoms with Crippen molar-refractivity contribution in [3.05, 3.63) is 57.3 Å². The van der Waals surface area contributed by atoms with Crippen molar-refractivity contribution in [1.29, 1.82) is 0 Å². The monoisotopic (exact) mass is 368 g/mol. The molecule has 0 unspecified atom stereocenters. The molecule has 0 bridgehead atoms. The SMILES string of the molecule is CCNC(=NCc1ccccc1CO)NCc1cc(Cl)c(Cl)n1C. The molecular formula is C17H22Cl2N4O. The van der Waals surface area contributed by atoms with Crippen LogP contribution in [0.25, 0.3) is 0 Å². The molecule has 0 amide bonds. The first kappa shape index (κ1) is 18.6.